The van der Waals surface area contributed by atoms with Crippen LogP contribution in [0.4, 0.5) is 11.4 Å². The van der Waals surface area contributed by atoms with Crippen LogP contribution in [-0.2, 0) is 19.6 Å². The minimum Gasteiger partial charge on any atom is -0.324 e. The largest absolute Gasteiger partial charge is 0.324 e. The van der Waals surface area contributed by atoms with Crippen molar-refractivity contribution in [3.8, 4) is 0 Å². The molecule has 0 bridgehead atoms. The van der Waals surface area contributed by atoms with Gasteiger partial charge in [0.1, 0.15) is 5.92 Å². The fourth-order valence-corrected chi connectivity index (χ4v) is 4.12. The molecular weight excluding hydrogens is 306 g/mol. The van der Waals surface area contributed by atoms with Gasteiger partial charge in [-0.05, 0) is 38.0 Å². The second kappa shape index (κ2) is 5.36. The van der Waals surface area contributed by atoms with E-state index in [0.29, 0.717) is 24.5 Å². The molecular formula is C14H17N3O4S. The summed E-state index contributed by atoms with van der Waals surface area (Å²) in [5.41, 5.74) is 0.714. The number of sulfonamides is 1. The topological polar surface area (TPSA) is 95.6 Å². The van der Waals surface area contributed by atoms with E-state index < -0.39 is 27.8 Å². The Kier molecular flexibility index (Phi) is 3.65. The second-order valence-electron chi connectivity index (χ2n) is 5.52. The van der Waals surface area contributed by atoms with E-state index in [-0.39, 0.29) is 4.90 Å². The van der Waals surface area contributed by atoms with Crippen molar-refractivity contribution in [2.24, 2.45) is 5.92 Å². The summed E-state index contributed by atoms with van der Waals surface area (Å²) in [6.45, 7) is 2.53. The van der Waals surface area contributed by atoms with Gasteiger partial charge in [0.2, 0.25) is 21.8 Å². The molecule has 1 aromatic rings. The molecule has 0 radical (unpaired) electrons. The van der Waals surface area contributed by atoms with E-state index in [1.807, 2.05) is 0 Å². The van der Waals surface area contributed by atoms with Gasteiger partial charge in [0.25, 0.3) is 0 Å². The monoisotopic (exact) mass is 323 g/mol. The summed E-state index contributed by atoms with van der Waals surface area (Å²) in [6, 6.07) is 4.36. The zero-order valence-electron chi connectivity index (χ0n) is 12.1. The molecule has 7 nitrogen and oxygen atoms in total. The number of hydrogen-bond acceptors (Lipinski definition) is 4. The minimum atomic E-state index is -3.56. The molecule has 2 heterocycles. The third-order valence-corrected chi connectivity index (χ3v) is 5.89. The van der Waals surface area contributed by atoms with Gasteiger partial charge in [-0.3, -0.25) is 9.59 Å². The molecule has 0 aliphatic carbocycles. The maximum atomic E-state index is 12.5. The third-order valence-electron chi connectivity index (χ3n) is 4.00. The third kappa shape index (κ3) is 2.48. The molecule has 1 saturated heterocycles. The molecule has 2 N–H and O–H groups in total. The molecule has 8 heteroatoms. The predicted molar refractivity (Wildman–Crippen MR) is 80.9 cm³/mol. The molecule has 0 saturated carbocycles. The van der Waals surface area contributed by atoms with Crippen molar-refractivity contribution in [2.75, 3.05) is 23.7 Å². The number of amides is 2. The Morgan fingerprint density at radius 3 is 2.27 bits per heavy atom. The summed E-state index contributed by atoms with van der Waals surface area (Å²) < 4.78 is 26.5. The first-order valence-electron chi connectivity index (χ1n) is 7.15. The van der Waals surface area contributed by atoms with E-state index in [2.05, 4.69) is 10.6 Å². The van der Waals surface area contributed by atoms with Crippen molar-refractivity contribution in [2.45, 2.75) is 24.7 Å². The number of carbonyl (C=O) groups is 2. The molecule has 1 aromatic carbocycles. The van der Waals surface area contributed by atoms with Gasteiger partial charge in [0.15, 0.2) is 0 Å². The van der Waals surface area contributed by atoms with Crippen LogP contribution >= 0.6 is 0 Å². The van der Waals surface area contributed by atoms with E-state index in [1.165, 1.54) is 29.4 Å². The van der Waals surface area contributed by atoms with Gasteiger partial charge in [-0.25, -0.2) is 8.42 Å². The number of anilines is 2. The highest BCUT2D eigenvalue weighted by molar-refractivity contribution is 7.89. The van der Waals surface area contributed by atoms with Crippen molar-refractivity contribution in [3.63, 3.8) is 0 Å². The zero-order valence-corrected chi connectivity index (χ0v) is 12.9. The lowest BCUT2D eigenvalue weighted by atomic mass is 10.1. The number of benzene rings is 1. The Bertz CT molecular complexity index is 738. The number of nitrogens with zero attached hydrogens (tertiary/aromatic N) is 1. The van der Waals surface area contributed by atoms with Crippen LogP contribution < -0.4 is 10.6 Å². The Labute approximate surface area is 128 Å². The van der Waals surface area contributed by atoms with Crippen LogP contribution in [0.15, 0.2) is 23.1 Å². The van der Waals surface area contributed by atoms with Crippen LogP contribution in [0.5, 0.6) is 0 Å². The highest BCUT2D eigenvalue weighted by atomic mass is 32.2. The number of nitrogens with one attached hydrogen (secondary N) is 2. The number of fused-ring (bicyclic) bond motifs is 1. The summed E-state index contributed by atoms with van der Waals surface area (Å²) in [5, 5.41) is 5.22. The summed E-state index contributed by atoms with van der Waals surface area (Å²) in [7, 11) is -3.56. The lowest BCUT2D eigenvalue weighted by Gasteiger charge is -2.17. The van der Waals surface area contributed by atoms with Gasteiger partial charge < -0.3 is 10.6 Å². The van der Waals surface area contributed by atoms with Crippen LogP contribution in [0.25, 0.3) is 0 Å². The van der Waals surface area contributed by atoms with E-state index in [9.17, 15) is 18.0 Å². The summed E-state index contributed by atoms with van der Waals surface area (Å²) >= 11 is 0. The molecule has 1 atom stereocenters. The van der Waals surface area contributed by atoms with Gasteiger partial charge in [-0.15, -0.1) is 0 Å². The summed E-state index contributed by atoms with van der Waals surface area (Å²) in [5.74, 6) is -1.69. The lowest BCUT2D eigenvalue weighted by Crippen LogP contribution is -2.28. The molecule has 22 heavy (non-hydrogen) atoms. The average molecular weight is 323 g/mol. The van der Waals surface area contributed by atoms with Crippen LogP contribution in [0.3, 0.4) is 0 Å². The van der Waals surface area contributed by atoms with Crippen LogP contribution in [0, 0.1) is 5.92 Å². The number of carbonyl (C=O) groups excluding carboxylic acids is 2. The van der Waals surface area contributed by atoms with Crippen molar-refractivity contribution in [3.05, 3.63) is 18.2 Å². The normalized spacial score (nSPS) is 22.7. The maximum Gasteiger partial charge on any atom is 0.243 e. The molecule has 0 unspecified atom stereocenters. The molecule has 2 aliphatic rings. The van der Waals surface area contributed by atoms with E-state index in [0.717, 1.165) is 12.8 Å². The van der Waals surface area contributed by atoms with Gasteiger partial charge in [0.05, 0.1) is 16.3 Å². The van der Waals surface area contributed by atoms with Crippen molar-refractivity contribution < 1.29 is 18.0 Å². The van der Waals surface area contributed by atoms with Crippen LogP contribution in [-0.4, -0.2) is 37.6 Å². The Hall–Kier alpha value is -1.93. The molecule has 0 spiro atoms. The highest BCUT2D eigenvalue weighted by Crippen LogP contribution is 2.30. The maximum absolute atomic E-state index is 12.5. The van der Waals surface area contributed by atoms with Crippen molar-refractivity contribution >= 4 is 33.2 Å². The summed E-state index contributed by atoms with van der Waals surface area (Å²) in [4.78, 5) is 23.8. The first-order chi connectivity index (χ1) is 10.4. The van der Waals surface area contributed by atoms with Crippen molar-refractivity contribution in [1.82, 2.24) is 4.31 Å². The van der Waals surface area contributed by atoms with Crippen LogP contribution in [0.1, 0.15) is 19.8 Å². The van der Waals surface area contributed by atoms with Gasteiger partial charge in [-0.2, -0.15) is 4.31 Å². The first-order valence-corrected chi connectivity index (χ1v) is 8.59. The Balaban J connectivity index is 1.99. The smallest absolute Gasteiger partial charge is 0.243 e. The standard InChI is InChI=1S/C14H17N3O4S/c1-9-13(18)15-11-5-4-10(8-12(11)16-14(9)19)22(20,21)17-6-2-3-7-17/h4-5,8-9H,2-3,6-7H2,1H3,(H,15,18)(H,16,19)/t9-/m1/s1. The molecule has 1 fully saturated rings. The SMILES string of the molecule is C[C@@H]1C(=O)Nc2ccc(S(=O)(=O)N3CCCC3)cc2NC1=O. The Morgan fingerprint density at radius 1 is 1.05 bits per heavy atom. The van der Waals surface area contributed by atoms with E-state index in [4.69, 9.17) is 0 Å². The van der Waals surface area contributed by atoms with Gasteiger partial charge in [0, 0.05) is 13.1 Å². The average Bonchev–Trinajstić information content (AvgIpc) is 2.99. The first kappa shape index (κ1) is 15.0. The molecule has 2 amide bonds. The lowest BCUT2D eigenvalue weighted by molar-refractivity contribution is -0.128. The fourth-order valence-electron chi connectivity index (χ4n) is 2.57. The minimum absolute atomic E-state index is 0.122. The fraction of sp³-hybridized carbons (Fsp3) is 0.429. The molecule has 118 valence electrons. The van der Waals surface area contributed by atoms with E-state index in [1.54, 1.807) is 0 Å². The zero-order chi connectivity index (χ0) is 15.9. The molecule has 2 aliphatic heterocycles. The molecule has 3 rings (SSSR count). The van der Waals surface area contributed by atoms with Gasteiger partial charge >= 0.3 is 0 Å². The second-order valence-corrected chi connectivity index (χ2v) is 7.46. The quantitative estimate of drug-likeness (QED) is 0.794. The van der Waals surface area contributed by atoms with Crippen LogP contribution in [0.2, 0.25) is 0 Å². The van der Waals surface area contributed by atoms with E-state index >= 15 is 0 Å². The number of hydrogen-bond donors (Lipinski definition) is 2. The number of rotatable bonds is 2. The van der Waals surface area contributed by atoms with Crippen molar-refractivity contribution in [1.29, 1.82) is 0 Å². The Morgan fingerprint density at radius 2 is 1.64 bits per heavy atom. The summed E-state index contributed by atoms with van der Waals surface area (Å²) in [6.07, 6.45) is 1.71. The highest BCUT2D eigenvalue weighted by Gasteiger charge is 2.30. The predicted octanol–water partition coefficient (Wildman–Crippen LogP) is 0.998. The van der Waals surface area contributed by atoms with Gasteiger partial charge in [-0.1, -0.05) is 0 Å². The molecule has 0 aromatic heterocycles.